The fourth-order valence-electron chi connectivity index (χ4n) is 1.86. The number of ether oxygens (including phenoxy) is 2. The van der Waals surface area contributed by atoms with E-state index < -0.39 is 0 Å². The molecular weight excluding hydrogens is 314 g/mol. The molecular formula is C13H14BrNO4. The fraction of sp³-hybridized carbons (Fsp3) is 0.385. The molecule has 0 bridgehead atoms. The molecule has 0 spiro atoms. The molecule has 2 rings (SSSR count). The van der Waals surface area contributed by atoms with Gasteiger partial charge in [0.2, 0.25) is 0 Å². The summed E-state index contributed by atoms with van der Waals surface area (Å²) in [6, 6.07) is 5.44. The van der Waals surface area contributed by atoms with Crippen molar-refractivity contribution >= 4 is 33.5 Å². The maximum absolute atomic E-state index is 11.9. The van der Waals surface area contributed by atoms with Crippen molar-refractivity contribution in [1.29, 1.82) is 0 Å². The van der Waals surface area contributed by atoms with Crippen molar-refractivity contribution < 1.29 is 19.1 Å². The van der Waals surface area contributed by atoms with Crippen LogP contribution in [0, 0.1) is 0 Å². The van der Waals surface area contributed by atoms with Gasteiger partial charge in [-0.25, -0.2) is 0 Å². The van der Waals surface area contributed by atoms with Crippen molar-refractivity contribution in [3.8, 4) is 5.75 Å². The number of benzene rings is 1. The summed E-state index contributed by atoms with van der Waals surface area (Å²) in [4.78, 5) is 24.8. The van der Waals surface area contributed by atoms with Gasteiger partial charge in [-0.15, -0.1) is 0 Å². The number of esters is 1. The van der Waals surface area contributed by atoms with E-state index in [0.717, 1.165) is 4.47 Å². The molecule has 0 unspecified atom stereocenters. The van der Waals surface area contributed by atoms with Gasteiger partial charge in [-0.1, -0.05) is 15.9 Å². The SMILES string of the molecule is CCOC(=O)CCN1C(=O)COc2ccc(Br)cc21. The largest absolute Gasteiger partial charge is 0.482 e. The zero-order chi connectivity index (χ0) is 13.8. The van der Waals surface area contributed by atoms with Gasteiger partial charge in [0.05, 0.1) is 18.7 Å². The molecule has 0 fully saturated rings. The number of hydrogen-bond donors (Lipinski definition) is 0. The van der Waals surface area contributed by atoms with Gasteiger partial charge in [-0.05, 0) is 25.1 Å². The Morgan fingerprint density at radius 3 is 3.05 bits per heavy atom. The van der Waals surface area contributed by atoms with E-state index in [4.69, 9.17) is 9.47 Å². The van der Waals surface area contributed by atoms with Crippen LogP contribution in [0.15, 0.2) is 22.7 Å². The monoisotopic (exact) mass is 327 g/mol. The molecule has 1 amide bonds. The second-order valence-corrected chi connectivity index (χ2v) is 4.92. The van der Waals surface area contributed by atoms with Gasteiger partial charge in [0.15, 0.2) is 6.61 Å². The number of rotatable bonds is 4. The first-order valence-electron chi connectivity index (χ1n) is 6.00. The maximum Gasteiger partial charge on any atom is 0.307 e. The minimum atomic E-state index is -0.307. The number of halogens is 1. The van der Waals surface area contributed by atoms with E-state index in [1.807, 2.05) is 6.07 Å². The molecule has 102 valence electrons. The van der Waals surface area contributed by atoms with E-state index in [-0.39, 0.29) is 24.9 Å². The zero-order valence-corrected chi connectivity index (χ0v) is 12.1. The highest BCUT2D eigenvalue weighted by Gasteiger charge is 2.26. The van der Waals surface area contributed by atoms with Crippen molar-refractivity contribution in [3.63, 3.8) is 0 Å². The zero-order valence-electron chi connectivity index (χ0n) is 10.5. The van der Waals surface area contributed by atoms with Gasteiger partial charge < -0.3 is 14.4 Å². The third-order valence-corrected chi connectivity index (χ3v) is 3.20. The summed E-state index contributed by atoms with van der Waals surface area (Å²) in [6.45, 7) is 2.39. The maximum atomic E-state index is 11.9. The third kappa shape index (κ3) is 3.26. The van der Waals surface area contributed by atoms with Crippen LogP contribution in [0.25, 0.3) is 0 Å². The third-order valence-electron chi connectivity index (χ3n) is 2.71. The van der Waals surface area contributed by atoms with Crippen molar-refractivity contribution in [3.05, 3.63) is 22.7 Å². The molecule has 1 heterocycles. The van der Waals surface area contributed by atoms with E-state index in [1.165, 1.54) is 0 Å². The Balaban J connectivity index is 2.14. The number of carbonyl (C=O) groups excluding carboxylic acids is 2. The van der Waals surface area contributed by atoms with Gasteiger partial charge in [0, 0.05) is 11.0 Å². The summed E-state index contributed by atoms with van der Waals surface area (Å²) in [5.41, 5.74) is 0.676. The lowest BCUT2D eigenvalue weighted by atomic mass is 10.2. The van der Waals surface area contributed by atoms with E-state index in [0.29, 0.717) is 24.6 Å². The van der Waals surface area contributed by atoms with Crippen LogP contribution in [-0.4, -0.2) is 31.6 Å². The number of hydrogen-bond acceptors (Lipinski definition) is 4. The second kappa shape index (κ2) is 6.06. The molecule has 0 saturated carbocycles. The summed E-state index contributed by atoms with van der Waals surface area (Å²) in [5.74, 6) is 0.180. The average molecular weight is 328 g/mol. The van der Waals surface area contributed by atoms with Crippen molar-refractivity contribution in [2.45, 2.75) is 13.3 Å². The van der Waals surface area contributed by atoms with Crippen LogP contribution >= 0.6 is 15.9 Å². The first-order chi connectivity index (χ1) is 9.11. The van der Waals surface area contributed by atoms with Gasteiger partial charge in [-0.2, -0.15) is 0 Å². The van der Waals surface area contributed by atoms with Gasteiger partial charge in [0.25, 0.3) is 5.91 Å². The lowest BCUT2D eigenvalue weighted by Gasteiger charge is -2.29. The molecule has 0 saturated heterocycles. The first-order valence-corrected chi connectivity index (χ1v) is 6.79. The van der Waals surface area contributed by atoms with Crippen molar-refractivity contribution in [1.82, 2.24) is 0 Å². The highest BCUT2D eigenvalue weighted by molar-refractivity contribution is 9.10. The molecule has 0 N–H and O–H groups in total. The Morgan fingerprint density at radius 1 is 1.53 bits per heavy atom. The standard InChI is InChI=1S/C13H14BrNO4/c1-2-18-13(17)5-6-15-10-7-9(14)3-4-11(10)19-8-12(15)16/h3-4,7H,2,5-6,8H2,1H3. The summed E-state index contributed by atoms with van der Waals surface area (Å²) >= 11 is 3.36. The number of amides is 1. The Hall–Kier alpha value is -1.56. The molecule has 0 atom stereocenters. The minimum Gasteiger partial charge on any atom is -0.482 e. The topological polar surface area (TPSA) is 55.8 Å². The van der Waals surface area contributed by atoms with Crippen LogP contribution < -0.4 is 9.64 Å². The van der Waals surface area contributed by atoms with E-state index in [1.54, 1.807) is 24.0 Å². The van der Waals surface area contributed by atoms with Crippen LogP contribution in [0.3, 0.4) is 0 Å². The number of nitrogens with zero attached hydrogens (tertiary/aromatic N) is 1. The predicted octanol–water partition coefficient (Wildman–Crippen LogP) is 2.13. The smallest absolute Gasteiger partial charge is 0.307 e. The van der Waals surface area contributed by atoms with Gasteiger partial charge in [-0.3, -0.25) is 9.59 Å². The Morgan fingerprint density at radius 2 is 2.32 bits per heavy atom. The molecule has 1 aliphatic heterocycles. The Labute approximate surface area is 119 Å². The van der Waals surface area contributed by atoms with Gasteiger partial charge in [0.1, 0.15) is 5.75 Å². The number of anilines is 1. The average Bonchev–Trinajstić information content (AvgIpc) is 2.38. The van der Waals surface area contributed by atoms with E-state index in [2.05, 4.69) is 15.9 Å². The van der Waals surface area contributed by atoms with Crippen LogP contribution in [0.1, 0.15) is 13.3 Å². The highest BCUT2D eigenvalue weighted by atomic mass is 79.9. The summed E-state index contributed by atoms with van der Waals surface area (Å²) in [5, 5.41) is 0. The number of carbonyl (C=O) groups is 2. The lowest BCUT2D eigenvalue weighted by molar-refractivity contribution is -0.142. The molecule has 1 aromatic rings. The molecule has 0 aromatic heterocycles. The molecule has 5 nitrogen and oxygen atoms in total. The summed E-state index contributed by atoms with van der Waals surface area (Å²) in [7, 11) is 0. The van der Waals surface area contributed by atoms with E-state index in [9.17, 15) is 9.59 Å². The number of fused-ring (bicyclic) bond motifs is 1. The van der Waals surface area contributed by atoms with Crippen LogP contribution in [0.4, 0.5) is 5.69 Å². The Kier molecular flexibility index (Phi) is 4.42. The highest BCUT2D eigenvalue weighted by Crippen LogP contribution is 2.34. The van der Waals surface area contributed by atoms with Crippen LogP contribution in [-0.2, 0) is 14.3 Å². The normalized spacial score (nSPS) is 13.8. The van der Waals surface area contributed by atoms with Crippen molar-refractivity contribution in [2.75, 3.05) is 24.7 Å². The Bertz CT molecular complexity index is 503. The van der Waals surface area contributed by atoms with Crippen molar-refractivity contribution in [2.24, 2.45) is 0 Å². The molecule has 6 heteroatoms. The molecule has 1 aromatic carbocycles. The second-order valence-electron chi connectivity index (χ2n) is 4.00. The molecule has 1 aliphatic rings. The quantitative estimate of drug-likeness (QED) is 0.795. The van der Waals surface area contributed by atoms with Gasteiger partial charge >= 0.3 is 5.97 Å². The van der Waals surface area contributed by atoms with Crippen LogP contribution in [0.2, 0.25) is 0 Å². The lowest BCUT2D eigenvalue weighted by Crippen LogP contribution is -2.40. The molecule has 0 aliphatic carbocycles. The summed E-state index contributed by atoms with van der Waals surface area (Å²) in [6.07, 6.45) is 0.172. The summed E-state index contributed by atoms with van der Waals surface area (Å²) < 4.78 is 11.1. The minimum absolute atomic E-state index is 0.00252. The first kappa shape index (κ1) is 13.9. The molecule has 0 radical (unpaired) electrons. The predicted molar refractivity (Wildman–Crippen MR) is 73.2 cm³/mol. The molecule has 19 heavy (non-hydrogen) atoms. The van der Waals surface area contributed by atoms with Crippen LogP contribution in [0.5, 0.6) is 5.75 Å². The van der Waals surface area contributed by atoms with E-state index >= 15 is 0 Å². The fourth-order valence-corrected chi connectivity index (χ4v) is 2.21.